The number of aliphatic carboxylic acids is 1. The van der Waals surface area contributed by atoms with Gasteiger partial charge in [0, 0.05) is 16.6 Å². The molecule has 3 N–H and O–H groups in total. The average molecular weight is 606 g/mol. The average Bonchev–Trinajstić information content (AvgIpc) is 3.64. The van der Waals surface area contributed by atoms with Crippen molar-refractivity contribution in [1.29, 1.82) is 0 Å². The first-order valence-electron chi connectivity index (χ1n) is 15.5. The van der Waals surface area contributed by atoms with Gasteiger partial charge in [0.2, 0.25) is 0 Å². The minimum atomic E-state index is -2.82. The molecule has 1 amide bonds. The van der Waals surface area contributed by atoms with Gasteiger partial charge in [0.1, 0.15) is 0 Å². The van der Waals surface area contributed by atoms with Crippen LogP contribution in [0, 0.1) is 11.3 Å². The van der Waals surface area contributed by atoms with E-state index in [0.29, 0.717) is 55.1 Å². The van der Waals surface area contributed by atoms with Crippen LogP contribution in [0.4, 0.5) is 0 Å². The number of carbonyl (C=O) groups excluding carboxylic acids is 1. The molecule has 3 saturated carbocycles. The van der Waals surface area contributed by atoms with E-state index in [2.05, 4.69) is 15.9 Å². The number of carboxylic acids is 1. The van der Waals surface area contributed by atoms with E-state index < -0.39 is 38.1 Å². The monoisotopic (exact) mass is 605 g/mol. The molecule has 2 bridgehead atoms. The van der Waals surface area contributed by atoms with Gasteiger partial charge in [0.15, 0.2) is 5.76 Å². The van der Waals surface area contributed by atoms with E-state index in [9.17, 15) is 18.9 Å². The Balaban J connectivity index is 1.39. The fourth-order valence-corrected chi connectivity index (χ4v) is 9.65. The van der Waals surface area contributed by atoms with Crippen molar-refractivity contribution >= 4 is 38.2 Å². The molecule has 230 valence electrons. The van der Waals surface area contributed by atoms with E-state index in [1.165, 1.54) is 19.3 Å². The number of hydrogen-bond donors (Lipinski definition) is 3. The summed E-state index contributed by atoms with van der Waals surface area (Å²) >= 11 is 0. The van der Waals surface area contributed by atoms with Gasteiger partial charge in [-0.2, -0.15) is 0 Å². The second-order valence-corrected chi connectivity index (χ2v) is 16.2. The maximum absolute atomic E-state index is 13.8. The minimum Gasteiger partial charge on any atom is -0.481 e. The number of carboxylic acid groups (broad SMARTS) is 1. The molecule has 3 aliphatic carbocycles. The minimum absolute atomic E-state index is 0.0124. The highest BCUT2D eigenvalue weighted by atomic mass is 32.2. The summed E-state index contributed by atoms with van der Waals surface area (Å²) in [6.45, 7) is 5.89. The summed E-state index contributed by atoms with van der Waals surface area (Å²) in [5.74, 6) is 3.95. The van der Waals surface area contributed by atoms with Crippen molar-refractivity contribution in [1.82, 2.24) is 15.0 Å². The van der Waals surface area contributed by atoms with Crippen LogP contribution < -0.4 is 10.0 Å². The third kappa shape index (κ3) is 5.74. The zero-order valence-corrected chi connectivity index (χ0v) is 26.3. The first-order chi connectivity index (χ1) is 20.3. The Labute approximate surface area is 254 Å². The molecule has 1 atom stereocenters. The first-order valence-corrected chi connectivity index (χ1v) is 17.3. The maximum atomic E-state index is 13.8. The summed E-state index contributed by atoms with van der Waals surface area (Å²) in [5, 5.41) is 14.6. The Bertz CT molecular complexity index is 1670. The number of rotatable bonds is 8. The maximum Gasteiger partial charge on any atom is 0.309 e. The van der Waals surface area contributed by atoms with Gasteiger partial charge in [-0.05, 0) is 94.0 Å². The standard InChI is InChI=1S/C34H43N3O5S/c1-32(2,3)37-43(4,41)27-15-14-25(23-12-8-9-13-24(23)27)28-26(20-22-10-6-5-7-11-22)35-30(42-28)29(38)36-34-18-16-33(21-34,17-19-34)31(39)40/h8-9,12-15,22H,4-7,10-11,16-21H2,1-3H3,(H,36,38)(H,37,41)(H,39,40). The summed E-state index contributed by atoms with van der Waals surface area (Å²) in [6, 6.07) is 11.5. The molecule has 3 aliphatic rings. The third-order valence-corrected chi connectivity index (χ3v) is 11.7. The molecule has 9 heteroatoms. The van der Waals surface area contributed by atoms with Gasteiger partial charge in [-0.15, -0.1) is 0 Å². The quantitative estimate of drug-likeness (QED) is 0.252. The molecule has 1 heterocycles. The van der Waals surface area contributed by atoms with E-state index in [4.69, 9.17) is 9.40 Å². The Morgan fingerprint density at radius 3 is 2.35 bits per heavy atom. The van der Waals surface area contributed by atoms with Crippen LogP contribution in [0.1, 0.15) is 101 Å². The Hall–Kier alpha value is -3.17. The molecule has 1 unspecified atom stereocenters. The van der Waals surface area contributed by atoms with Crippen molar-refractivity contribution in [3.8, 4) is 11.3 Å². The van der Waals surface area contributed by atoms with Crippen molar-refractivity contribution in [3.05, 3.63) is 48.0 Å². The van der Waals surface area contributed by atoms with E-state index in [1.54, 1.807) is 0 Å². The zero-order valence-electron chi connectivity index (χ0n) is 25.5. The van der Waals surface area contributed by atoms with E-state index in [-0.39, 0.29) is 5.89 Å². The van der Waals surface area contributed by atoms with Crippen LogP contribution in [0.5, 0.6) is 0 Å². The van der Waals surface area contributed by atoms with Crippen LogP contribution >= 0.6 is 0 Å². The lowest BCUT2D eigenvalue weighted by atomic mass is 9.84. The molecule has 0 spiro atoms. The third-order valence-electron chi connectivity index (χ3n) is 9.73. The summed E-state index contributed by atoms with van der Waals surface area (Å²) in [4.78, 5) is 31.1. The van der Waals surface area contributed by atoms with E-state index in [0.717, 1.165) is 34.9 Å². The van der Waals surface area contributed by atoms with Gasteiger partial charge in [-0.1, -0.05) is 56.4 Å². The van der Waals surface area contributed by atoms with Gasteiger partial charge >= 0.3 is 11.9 Å². The Kier molecular flexibility index (Phi) is 7.48. The number of nitrogens with one attached hydrogen (secondary N) is 2. The molecule has 3 fully saturated rings. The van der Waals surface area contributed by atoms with Crippen molar-refractivity contribution < 1.29 is 23.3 Å². The molecule has 43 heavy (non-hydrogen) atoms. The Morgan fingerprint density at radius 1 is 1.05 bits per heavy atom. The van der Waals surface area contributed by atoms with Crippen molar-refractivity contribution in [3.63, 3.8) is 0 Å². The largest absolute Gasteiger partial charge is 0.481 e. The van der Waals surface area contributed by atoms with Crippen LogP contribution in [0.2, 0.25) is 0 Å². The topological polar surface area (TPSA) is 122 Å². The molecule has 0 aliphatic heterocycles. The van der Waals surface area contributed by atoms with Crippen LogP contribution in [-0.2, 0) is 20.9 Å². The molecule has 0 radical (unpaired) electrons. The van der Waals surface area contributed by atoms with E-state index >= 15 is 0 Å². The van der Waals surface area contributed by atoms with Gasteiger partial charge < -0.3 is 14.8 Å². The number of carbonyl (C=O) groups is 2. The molecule has 1 aromatic heterocycles. The van der Waals surface area contributed by atoms with Gasteiger partial charge in [0.05, 0.1) is 25.7 Å². The summed E-state index contributed by atoms with van der Waals surface area (Å²) in [5.41, 5.74) is -0.116. The molecule has 6 rings (SSSR count). The van der Waals surface area contributed by atoms with Crippen LogP contribution in [0.25, 0.3) is 22.1 Å². The number of benzene rings is 2. The van der Waals surface area contributed by atoms with Crippen LogP contribution in [0.3, 0.4) is 0 Å². The fourth-order valence-electron chi connectivity index (χ4n) is 7.73. The van der Waals surface area contributed by atoms with Crippen LogP contribution in [0.15, 0.2) is 45.7 Å². The van der Waals surface area contributed by atoms with Gasteiger partial charge in [-0.25, -0.2) is 13.9 Å². The number of hydrogen-bond acceptors (Lipinski definition) is 5. The molecular weight excluding hydrogens is 562 g/mol. The zero-order chi connectivity index (χ0) is 30.6. The van der Waals surface area contributed by atoms with E-state index in [1.807, 2.05) is 57.2 Å². The molecule has 3 aromatic rings. The second kappa shape index (κ2) is 10.8. The predicted molar refractivity (Wildman–Crippen MR) is 169 cm³/mol. The molecule has 2 aromatic carbocycles. The number of fused-ring (bicyclic) bond motifs is 3. The van der Waals surface area contributed by atoms with Crippen molar-refractivity contribution in [2.24, 2.45) is 11.3 Å². The lowest BCUT2D eigenvalue weighted by molar-refractivity contribution is -0.148. The highest BCUT2D eigenvalue weighted by molar-refractivity contribution is 7.98. The van der Waals surface area contributed by atoms with Gasteiger partial charge in [0.25, 0.3) is 5.89 Å². The second-order valence-electron chi connectivity index (χ2n) is 14.2. The Morgan fingerprint density at radius 2 is 1.72 bits per heavy atom. The summed E-state index contributed by atoms with van der Waals surface area (Å²) in [7, 11) is -2.82. The first kappa shape index (κ1) is 29.9. The lowest BCUT2D eigenvalue weighted by Gasteiger charge is -2.27. The number of nitrogens with zero attached hydrogens (tertiary/aromatic N) is 1. The SMILES string of the molecule is C=S(=O)(NC(C)(C)C)c1ccc(-c2oc(C(=O)NC34CCC(C(=O)O)(CC3)C4)nc2CC2CCCCC2)c2ccccc12. The molecular formula is C34H43N3O5S. The number of oxazole rings is 1. The number of amides is 1. The molecule has 8 nitrogen and oxygen atoms in total. The summed E-state index contributed by atoms with van der Waals surface area (Å²) in [6.07, 6.45) is 9.47. The predicted octanol–water partition coefficient (Wildman–Crippen LogP) is 6.51. The smallest absolute Gasteiger partial charge is 0.309 e. The number of aromatic nitrogens is 1. The lowest BCUT2D eigenvalue weighted by Crippen LogP contribution is -2.45. The summed E-state index contributed by atoms with van der Waals surface area (Å²) < 4.78 is 23.4. The normalized spacial score (nSPS) is 25.6. The van der Waals surface area contributed by atoms with Gasteiger partial charge in [-0.3, -0.25) is 9.59 Å². The highest BCUT2D eigenvalue weighted by Gasteiger charge is 2.59. The van der Waals surface area contributed by atoms with Crippen molar-refractivity contribution in [2.75, 3.05) is 0 Å². The highest BCUT2D eigenvalue weighted by Crippen LogP contribution is 2.56. The van der Waals surface area contributed by atoms with Crippen LogP contribution in [-0.4, -0.2) is 43.1 Å². The molecule has 0 saturated heterocycles. The fraction of sp³-hybridized carbons (Fsp3) is 0.529. The van der Waals surface area contributed by atoms with Crippen molar-refractivity contribution in [2.45, 2.75) is 107 Å².